The monoisotopic (exact) mass is 170 g/mol. The lowest BCUT2D eigenvalue weighted by molar-refractivity contribution is -0.111. The van der Waals surface area contributed by atoms with Crippen LogP contribution in [0.5, 0.6) is 0 Å². The Hall–Kier alpha value is -0.330. The molecule has 0 rings (SSSR count). The summed E-state index contributed by atoms with van der Waals surface area (Å²) in [5, 5.41) is 0. The molecule has 3 unspecified atom stereocenters. The molecule has 0 spiro atoms. The first-order valence-electron chi connectivity index (χ1n) is 5.10. The van der Waals surface area contributed by atoms with Gasteiger partial charge in [0, 0.05) is 5.92 Å². The largest absolute Gasteiger partial charge is 0.303 e. The number of rotatable bonds is 6. The SMILES string of the molecule is CCC(C=O)CC(C)C(C)CC. The number of carbonyl (C=O) groups is 1. The van der Waals surface area contributed by atoms with E-state index in [-0.39, 0.29) is 5.92 Å². The van der Waals surface area contributed by atoms with E-state index in [0.717, 1.165) is 25.0 Å². The predicted molar refractivity (Wildman–Crippen MR) is 53.1 cm³/mol. The van der Waals surface area contributed by atoms with Crippen LogP contribution >= 0.6 is 0 Å². The van der Waals surface area contributed by atoms with Crippen molar-refractivity contribution in [2.24, 2.45) is 17.8 Å². The maximum atomic E-state index is 10.6. The Labute approximate surface area is 76.6 Å². The van der Waals surface area contributed by atoms with Crippen LogP contribution in [0.15, 0.2) is 0 Å². The molecule has 12 heavy (non-hydrogen) atoms. The zero-order valence-corrected chi connectivity index (χ0v) is 8.84. The molecule has 0 aromatic carbocycles. The van der Waals surface area contributed by atoms with Gasteiger partial charge in [-0.15, -0.1) is 0 Å². The van der Waals surface area contributed by atoms with Gasteiger partial charge in [-0.2, -0.15) is 0 Å². The van der Waals surface area contributed by atoms with Gasteiger partial charge in [0.1, 0.15) is 6.29 Å². The molecule has 0 radical (unpaired) electrons. The minimum atomic E-state index is 0.286. The third-order valence-corrected chi connectivity index (χ3v) is 3.01. The van der Waals surface area contributed by atoms with Gasteiger partial charge in [-0.05, 0) is 24.7 Å². The van der Waals surface area contributed by atoms with Crippen molar-refractivity contribution in [1.29, 1.82) is 0 Å². The second kappa shape index (κ2) is 6.22. The molecule has 0 N–H and O–H groups in total. The molecule has 1 nitrogen and oxygen atoms in total. The van der Waals surface area contributed by atoms with Gasteiger partial charge in [-0.3, -0.25) is 0 Å². The fraction of sp³-hybridized carbons (Fsp3) is 0.909. The molecule has 0 heterocycles. The molecule has 3 atom stereocenters. The maximum Gasteiger partial charge on any atom is 0.123 e. The highest BCUT2D eigenvalue weighted by atomic mass is 16.1. The van der Waals surface area contributed by atoms with Crippen LogP contribution in [0.3, 0.4) is 0 Å². The highest BCUT2D eigenvalue weighted by Gasteiger charge is 2.14. The summed E-state index contributed by atoms with van der Waals surface area (Å²) in [5.41, 5.74) is 0. The van der Waals surface area contributed by atoms with Gasteiger partial charge in [-0.1, -0.05) is 34.1 Å². The van der Waals surface area contributed by atoms with Crippen LogP contribution in [0.2, 0.25) is 0 Å². The smallest absolute Gasteiger partial charge is 0.123 e. The molecule has 1 heteroatoms. The Bertz CT molecular complexity index is 120. The standard InChI is InChI=1S/C11H22O/c1-5-9(3)10(4)7-11(6-2)8-12/h8-11H,5-7H2,1-4H3. The topological polar surface area (TPSA) is 17.1 Å². The maximum absolute atomic E-state index is 10.6. The fourth-order valence-corrected chi connectivity index (χ4v) is 1.43. The van der Waals surface area contributed by atoms with Crippen LogP contribution in [0.25, 0.3) is 0 Å². The molecular weight excluding hydrogens is 148 g/mol. The molecule has 0 aliphatic rings. The van der Waals surface area contributed by atoms with Crippen molar-refractivity contribution in [2.45, 2.75) is 47.0 Å². The average Bonchev–Trinajstić information content (AvgIpc) is 2.12. The minimum Gasteiger partial charge on any atom is -0.303 e. The first-order valence-corrected chi connectivity index (χ1v) is 5.10. The summed E-state index contributed by atoms with van der Waals surface area (Å²) in [6, 6.07) is 0. The Morgan fingerprint density at radius 3 is 2.00 bits per heavy atom. The highest BCUT2D eigenvalue weighted by Crippen LogP contribution is 2.22. The van der Waals surface area contributed by atoms with Crippen LogP contribution in [-0.4, -0.2) is 6.29 Å². The molecule has 0 saturated heterocycles. The highest BCUT2D eigenvalue weighted by molar-refractivity contribution is 5.53. The van der Waals surface area contributed by atoms with Crippen molar-refractivity contribution < 1.29 is 4.79 Å². The Kier molecular flexibility index (Phi) is 6.04. The summed E-state index contributed by atoms with van der Waals surface area (Å²) in [6.07, 6.45) is 4.38. The number of hydrogen-bond acceptors (Lipinski definition) is 1. The van der Waals surface area contributed by atoms with Crippen molar-refractivity contribution >= 4 is 6.29 Å². The summed E-state index contributed by atoms with van der Waals surface area (Å²) in [7, 11) is 0. The van der Waals surface area contributed by atoms with E-state index in [1.807, 2.05) is 0 Å². The number of aldehydes is 1. The molecule has 0 aromatic rings. The van der Waals surface area contributed by atoms with Crippen molar-refractivity contribution in [1.82, 2.24) is 0 Å². The lowest BCUT2D eigenvalue weighted by atomic mass is 9.85. The normalized spacial score (nSPS) is 18.3. The molecule has 0 aromatic heterocycles. The first-order chi connectivity index (χ1) is 5.65. The van der Waals surface area contributed by atoms with Crippen LogP contribution in [0.1, 0.15) is 47.0 Å². The molecule has 0 amide bonds. The Balaban J connectivity index is 3.79. The van der Waals surface area contributed by atoms with E-state index in [0.29, 0.717) is 5.92 Å². The average molecular weight is 170 g/mol. The Morgan fingerprint density at radius 1 is 1.08 bits per heavy atom. The fourth-order valence-electron chi connectivity index (χ4n) is 1.43. The van der Waals surface area contributed by atoms with Crippen molar-refractivity contribution in [2.75, 3.05) is 0 Å². The van der Waals surface area contributed by atoms with Crippen molar-refractivity contribution in [3.8, 4) is 0 Å². The molecule has 0 saturated carbocycles. The van der Waals surface area contributed by atoms with Gasteiger partial charge in [0.05, 0.1) is 0 Å². The zero-order chi connectivity index (χ0) is 9.56. The number of carbonyl (C=O) groups excluding carboxylic acids is 1. The summed E-state index contributed by atoms with van der Waals surface area (Å²) >= 11 is 0. The second-order valence-corrected chi connectivity index (χ2v) is 3.90. The van der Waals surface area contributed by atoms with Crippen molar-refractivity contribution in [3.05, 3.63) is 0 Å². The van der Waals surface area contributed by atoms with E-state index in [2.05, 4.69) is 27.7 Å². The summed E-state index contributed by atoms with van der Waals surface area (Å²) in [5.74, 6) is 1.72. The quantitative estimate of drug-likeness (QED) is 0.559. The van der Waals surface area contributed by atoms with Gasteiger partial charge in [0.15, 0.2) is 0 Å². The van der Waals surface area contributed by atoms with E-state index < -0.39 is 0 Å². The molecule has 0 fully saturated rings. The van der Waals surface area contributed by atoms with Crippen LogP contribution < -0.4 is 0 Å². The van der Waals surface area contributed by atoms with Gasteiger partial charge in [0.2, 0.25) is 0 Å². The van der Waals surface area contributed by atoms with E-state index in [4.69, 9.17) is 0 Å². The molecule has 72 valence electrons. The van der Waals surface area contributed by atoms with E-state index >= 15 is 0 Å². The second-order valence-electron chi connectivity index (χ2n) is 3.90. The number of hydrogen-bond donors (Lipinski definition) is 0. The molecule has 0 bridgehead atoms. The van der Waals surface area contributed by atoms with Crippen LogP contribution in [-0.2, 0) is 4.79 Å². The predicted octanol–water partition coefficient (Wildman–Crippen LogP) is 3.28. The zero-order valence-electron chi connectivity index (χ0n) is 8.84. The molecule has 0 aliphatic carbocycles. The van der Waals surface area contributed by atoms with Gasteiger partial charge in [-0.25, -0.2) is 0 Å². The molecular formula is C11H22O. The Morgan fingerprint density at radius 2 is 1.67 bits per heavy atom. The van der Waals surface area contributed by atoms with E-state index in [1.165, 1.54) is 6.42 Å². The van der Waals surface area contributed by atoms with Gasteiger partial charge in [0.25, 0.3) is 0 Å². The van der Waals surface area contributed by atoms with Crippen LogP contribution in [0, 0.1) is 17.8 Å². The lowest BCUT2D eigenvalue weighted by Crippen LogP contribution is -2.13. The van der Waals surface area contributed by atoms with E-state index in [9.17, 15) is 4.79 Å². The van der Waals surface area contributed by atoms with Gasteiger partial charge >= 0.3 is 0 Å². The summed E-state index contributed by atoms with van der Waals surface area (Å²) in [6.45, 7) is 8.81. The van der Waals surface area contributed by atoms with Gasteiger partial charge < -0.3 is 4.79 Å². The van der Waals surface area contributed by atoms with Crippen LogP contribution in [0.4, 0.5) is 0 Å². The summed E-state index contributed by atoms with van der Waals surface area (Å²) in [4.78, 5) is 10.6. The van der Waals surface area contributed by atoms with E-state index in [1.54, 1.807) is 0 Å². The molecule has 0 aliphatic heterocycles. The third-order valence-electron chi connectivity index (χ3n) is 3.01. The minimum absolute atomic E-state index is 0.286. The first kappa shape index (κ1) is 11.7. The third kappa shape index (κ3) is 3.89. The van der Waals surface area contributed by atoms with Crippen molar-refractivity contribution in [3.63, 3.8) is 0 Å². The summed E-state index contributed by atoms with van der Waals surface area (Å²) < 4.78 is 0. The lowest BCUT2D eigenvalue weighted by Gasteiger charge is -2.20.